The average molecular weight is 552 g/mol. The van der Waals surface area contributed by atoms with Crippen LogP contribution in [0, 0.1) is 5.92 Å². The van der Waals surface area contributed by atoms with E-state index in [0.717, 1.165) is 32.1 Å². The summed E-state index contributed by atoms with van der Waals surface area (Å²) in [6, 6.07) is 0. The molecule has 3 N–H and O–H groups in total. The van der Waals surface area contributed by atoms with Crippen LogP contribution < -0.4 is 5.73 Å². The fourth-order valence-corrected chi connectivity index (χ4v) is 4.78. The SMILES string of the molecule is CCCCCCCCCCCCCCCCO[C@H](COC(=O)C(C)CCCC)COP(=O)(O)OCCN. The van der Waals surface area contributed by atoms with E-state index in [1.807, 2.05) is 6.92 Å². The summed E-state index contributed by atoms with van der Waals surface area (Å²) in [5.74, 6) is -0.478. The van der Waals surface area contributed by atoms with E-state index in [-0.39, 0.29) is 38.3 Å². The smallest absolute Gasteiger partial charge is 0.463 e. The van der Waals surface area contributed by atoms with Gasteiger partial charge >= 0.3 is 13.8 Å². The van der Waals surface area contributed by atoms with Crippen LogP contribution in [-0.2, 0) is 27.9 Å². The Labute approximate surface area is 227 Å². The standard InChI is InChI=1S/C28H58NO7P/c1-4-6-8-9-10-11-12-13-14-15-16-17-18-19-22-33-27(25-36-37(31,32)35-23-21-29)24-34-28(30)26(3)20-7-5-2/h26-27H,4-25,29H2,1-3H3,(H,31,32)/t26?,27-/m1/s1. The summed E-state index contributed by atoms with van der Waals surface area (Å²) in [5, 5.41) is 0. The Morgan fingerprint density at radius 2 is 1.27 bits per heavy atom. The van der Waals surface area contributed by atoms with Crippen molar-refractivity contribution in [2.24, 2.45) is 11.7 Å². The van der Waals surface area contributed by atoms with E-state index in [1.165, 1.54) is 77.0 Å². The van der Waals surface area contributed by atoms with E-state index in [9.17, 15) is 14.3 Å². The fourth-order valence-electron chi connectivity index (χ4n) is 4.02. The van der Waals surface area contributed by atoms with Crippen LogP contribution >= 0.6 is 7.82 Å². The van der Waals surface area contributed by atoms with Gasteiger partial charge in [-0.2, -0.15) is 0 Å². The molecule has 0 aromatic carbocycles. The first kappa shape index (κ1) is 36.5. The van der Waals surface area contributed by atoms with Crippen LogP contribution in [0.5, 0.6) is 0 Å². The number of esters is 1. The zero-order chi connectivity index (χ0) is 27.6. The second-order valence-corrected chi connectivity index (χ2v) is 11.6. The zero-order valence-corrected chi connectivity index (χ0v) is 25.0. The van der Waals surface area contributed by atoms with Crippen LogP contribution in [0.4, 0.5) is 0 Å². The Morgan fingerprint density at radius 3 is 1.78 bits per heavy atom. The first-order valence-corrected chi connectivity index (χ1v) is 16.5. The second kappa shape index (κ2) is 25.8. The first-order chi connectivity index (χ1) is 17.9. The fraction of sp³-hybridized carbons (Fsp3) is 0.964. The highest BCUT2D eigenvalue weighted by Gasteiger charge is 2.25. The molecule has 0 heterocycles. The molecule has 0 radical (unpaired) electrons. The molecule has 3 atom stereocenters. The van der Waals surface area contributed by atoms with Crippen LogP contribution in [0.15, 0.2) is 0 Å². The molecule has 222 valence electrons. The summed E-state index contributed by atoms with van der Waals surface area (Å²) in [5.41, 5.74) is 5.31. The van der Waals surface area contributed by atoms with Gasteiger partial charge in [0.1, 0.15) is 12.7 Å². The predicted octanol–water partition coefficient (Wildman–Crippen LogP) is 7.31. The van der Waals surface area contributed by atoms with Gasteiger partial charge in [0.05, 0.1) is 19.1 Å². The molecule has 0 aliphatic rings. The normalized spacial score (nSPS) is 14.8. The van der Waals surface area contributed by atoms with Gasteiger partial charge in [0.25, 0.3) is 0 Å². The topological polar surface area (TPSA) is 117 Å². The van der Waals surface area contributed by atoms with Gasteiger partial charge in [0, 0.05) is 13.2 Å². The molecule has 0 rings (SSSR count). The maximum Gasteiger partial charge on any atom is 0.472 e. The van der Waals surface area contributed by atoms with Crippen molar-refractivity contribution in [3.05, 3.63) is 0 Å². The van der Waals surface area contributed by atoms with Crippen molar-refractivity contribution in [2.75, 3.05) is 33.0 Å². The van der Waals surface area contributed by atoms with Crippen molar-refractivity contribution in [3.8, 4) is 0 Å². The van der Waals surface area contributed by atoms with Gasteiger partial charge in [-0.25, -0.2) is 4.57 Å². The Hall–Kier alpha value is -0.500. The number of carbonyl (C=O) groups excluding carboxylic acids is 1. The minimum absolute atomic E-state index is 0.0230. The number of hydrogen-bond acceptors (Lipinski definition) is 7. The van der Waals surface area contributed by atoms with Gasteiger partial charge in [0.15, 0.2) is 0 Å². The lowest BCUT2D eigenvalue weighted by Gasteiger charge is -2.20. The van der Waals surface area contributed by atoms with E-state index in [2.05, 4.69) is 13.8 Å². The van der Waals surface area contributed by atoms with E-state index in [0.29, 0.717) is 6.61 Å². The van der Waals surface area contributed by atoms with Crippen molar-refractivity contribution in [3.63, 3.8) is 0 Å². The molecule has 0 amide bonds. The number of nitrogens with two attached hydrogens (primary N) is 1. The lowest BCUT2D eigenvalue weighted by atomic mass is 10.0. The van der Waals surface area contributed by atoms with Gasteiger partial charge < -0.3 is 20.1 Å². The maximum atomic E-state index is 12.2. The summed E-state index contributed by atoms with van der Waals surface area (Å²) in [4.78, 5) is 22.0. The molecule has 0 saturated carbocycles. The van der Waals surface area contributed by atoms with Crippen LogP contribution in [0.2, 0.25) is 0 Å². The Kier molecular flexibility index (Phi) is 25.4. The Bertz CT molecular complexity index is 565. The summed E-state index contributed by atoms with van der Waals surface area (Å²) in [7, 11) is -4.22. The van der Waals surface area contributed by atoms with Gasteiger partial charge in [-0.15, -0.1) is 0 Å². The molecular weight excluding hydrogens is 493 g/mol. The second-order valence-electron chi connectivity index (χ2n) is 10.1. The molecule has 0 spiro atoms. The van der Waals surface area contributed by atoms with Gasteiger partial charge in [-0.05, 0) is 12.8 Å². The summed E-state index contributed by atoms with van der Waals surface area (Å²) in [6.45, 7) is 6.47. The molecule has 8 nitrogen and oxygen atoms in total. The summed E-state index contributed by atoms with van der Waals surface area (Å²) in [6.07, 6.45) is 20.0. The maximum absolute atomic E-state index is 12.2. The minimum atomic E-state index is -4.22. The number of carbonyl (C=O) groups is 1. The van der Waals surface area contributed by atoms with Gasteiger partial charge in [0.2, 0.25) is 0 Å². The number of ether oxygens (including phenoxy) is 2. The lowest BCUT2D eigenvalue weighted by molar-refractivity contribution is -0.153. The quantitative estimate of drug-likeness (QED) is 0.0590. The Morgan fingerprint density at radius 1 is 0.757 bits per heavy atom. The van der Waals surface area contributed by atoms with Gasteiger partial charge in [-0.1, -0.05) is 117 Å². The number of rotatable bonds is 28. The lowest BCUT2D eigenvalue weighted by Crippen LogP contribution is -2.29. The van der Waals surface area contributed by atoms with Crippen molar-refractivity contribution < 1.29 is 32.8 Å². The highest BCUT2D eigenvalue weighted by Crippen LogP contribution is 2.43. The monoisotopic (exact) mass is 551 g/mol. The molecule has 37 heavy (non-hydrogen) atoms. The minimum Gasteiger partial charge on any atom is -0.463 e. The first-order valence-electron chi connectivity index (χ1n) is 15.0. The number of phosphoric ester groups is 1. The van der Waals surface area contributed by atoms with Crippen LogP contribution in [0.3, 0.4) is 0 Å². The number of hydrogen-bond donors (Lipinski definition) is 2. The summed E-state index contributed by atoms with van der Waals surface area (Å²) >= 11 is 0. The summed E-state index contributed by atoms with van der Waals surface area (Å²) < 4.78 is 33.0. The van der Waals surface area contributed by atoms with Crippen LogP contribution in [0.25, 0.3) is 0 Å². The molecule has 0 bridgehead atoms. The van der Waals surface area contributed by atoms with Crippen molar-refractivity contribution in [1.29, 1.82) is 0 Å². The molecule has 0 fully saturated rings. The van der Waals surface area contributed by atoms with Crippen molar-refractivity contribution >= 4 is 13.8 Å². The largest absolute Gasteiger partial charge is 0.472 e. The van der Waals surface area contributed by atoms with E-state index in [1.54, 1.807) is 0 Å². The third-order valence-corrected chi connectivity index (χ3v) is 7.44. The predicted molar refractivity (Wildman–Crippen MR) is 150 cm³/mol. The van der Waals surface area contributed by atoms with E-state index >= 15 is 0 Å². The van der Waals surface area contributed by atoms with E-state index < -0.39 is 13.9 Å². The number of unbranched alkanes of at least 4 members (excludes halogenated alkanes) is 14. The van der Waals surface area contributed by atoms with Crippen molar-refractivity contribution in [2.45, 2.75) is 136 Å². The molecule has 2 unspecified atom stereocenters. The molecule has 0 aliphatic carbocycles. The van der Waals surface area contributed by atoms with Crippen LogP contribution in [-0.4, -0.2) is 49.9 Å². The van der Waals surface area contributed by atoms with Crippen molar-refractivity contribution in [1.82, 2.24) is 0 Å². The average Bonchev–Trinajstić information content (AvgIpc) is 2.89. The molecular formula is C28H58NO7P. The highest BCUT2D eigenvalue weighted by atomic mass is 31.2. The third-order valence-electron chi connectivity index (χ3n) is 6.45. The molecule has 0 aromatic heterocycles. The van der Waals surface area contributed by atoms with Crippen LogP contribution in [0.1, 0.15) is 130 Å². The third kappa shape index (κ3) is 24.3. The molecule has 0 saturated heterocycles. The zero-order valence-electron chi connectivity index (χ0n) is 24.1. The Balaban J connectivity index is 4.10. The molecule has 0 aromatic rings. The molecule has 9 heteroatoms. The number of phosphoric acid groups is 1. The van der Waals surface area contributed by atoms with E-state index in [4.69, 9.17) is 24.3 Å². The van der Waals surface area contributed by atoms with Gasteiger partial charge in [-0.3, -0.25) is 13.8 Å². The highest BCUT2D eigenvalue weighted by molar-refractivity contribution is 7.47. The molecule has 0 aliphatic heterocycles.